The molecule has 1 aromatic heterocycles. The summed E-state index contributed by atoms with van der Waals surface area (Å²) in [5.74, 6) is 0.157. The highest BCUT2D eigenvalue weighted by molar-refractivity contribution is 6.03. The van der Waals surface area contributed by atoms with Crippen molar-refractivity contribution in [3.63, 3.8) is 0 Å². The minimum absolute atomic E-state index is 0.261. The quantitative estimate of drug-likeness (QED) is 0.721. The molecule has 0 atom stereocenters. The van der Waals surface area contributed by atoms with Gasteiger partial charge in [-0.2, -0.15) is 0 Å². The van der Waals surface area contributed by atoms with Gasteiger partial charge in [0.05, 0.1) is 0 Å². The van der Waals surface area contributed by atoms with Crippen molar-refractivity contribution in [2.75, 3.05) is 35.2 Å². The van der Waals surface area contributed by atoms with E-state index < -0.39 is 0 Å². The molecular formula is C19H25N5O. The molecule has 0 bridgehead atoms. The molecule has 1 amide bonds. The summed E-state index contributed by atoms with van der Waals surface area (Å²) in [5, 5.41) is 5.88. The van der Waals surface area contributed by atoms with E-state index in [1.807, 2.05) is 31.2 Å². The van der Waals surface area contributed by atoms with Crippen molar-refractivity contribution >= 4 is 23.2 Å². The molecule has 0 aliphatic rings. The van der Waals surface area contributed by atoms with Crippen LogP contribution in [0, 0.1) is 6.92 Å². The van der Waals surface area contributed by atoms with E-state index in [1.54, 1.807) is 12.1 Å². The monoisotopic (exact) mass is 339 g/mol. The number of anilines is 3. The third-order valence-electron chi connectivity index (χ3n) is 3.75. The minimum atomic E-state index is -0.261. The summed E-state index contributed by atoms with van der Waals surface area (Å²) >= 11 is 0. The zero-order valence-electron chi connectivity index (χ0n) is 15.0. The van der Waals surface area contributed by atoms with Gasteiger partial charge in [-0.15, -0.1) is 6.58 Å². The standard InChI is InChI=1S/C19H25N5O/c1-5-12-20-19-21-14(4)13-17(23-19)18(25)22-15-8-10-16(11-9-15)24(6-2)7-3/h5,8-11,13H,1,6-7,12H2,2-4H3,(H,22,25)(H,20,21,23). The van der Waals surface area contributed by atoms with E-state index in [9.17, 15) is 4.79 Å². The van der Waals surface area contributed by atoms with Crippen molar-refractivity contribution in [1.29, 1.82) is 0 Å². The van der Waals surface area contributed by atoms with Gasteiger partial charge in [0.25, 0.3) is 5.91 Å². The van der Waals surface area contributed by atoms with E-state index in [2.05, 4.69) is 45.9 Å². The van der Waals surface area contributed by atoms with Crippen molar-refractivity contribution < 1.29 is 4.79 Å². The number of rotatable bonds is 8. The number of hydrogen-bond acceptors (Lipinski definition) is 5. The van der Waals surface area contributed by atoms with E-state index in [1.165, 1.54) is 0 Å². The van der Waals surface area contributed by atoms with Gasteiger partial charge in [-0.3, -0.25) is 4.79 Å². The Bertz CT molecular complexity index is 723. The van der Waals surface area contributed by atoms with Crippen LogP contribution in [-0.2, 0) is 0 Å². The average molecular weight is 339 g/mol. The van der Waals surface area contributed by atoms with Gasteiger partial charge in [0, 0.05) is 36.7 Å². The van der Waals surface area contributed by atoms with Gasteiger partial charge in [0.1, 0.15) is 5.69 Å². The molecule has 0 aliphatic heterocycles. The number of aryl methyl sites for hydroxylation is 1. The maximum atomic E-state index is 12.5. The first-order chi connectivity index (χ1) is 12.1. The van der Waals surface area contributed by atoms with Gasteiger partial charge in [-0.1, -0.05) is 6.08 Å². The maximum absolute atomic E-state index is 12.5. The van der Waals surface area contributed by atoms with Crippen LogP contribution < -0.4 is 15.5 Å². The van der Waals surface area contributed by atoms with E-state index in [0.29, 0.717) is 18.2 Å². The molecule has 0 spiro atoms. The highest BCUT2D eigenvalue weighted by Crippen LogP contribution is 2.18. The molecule has 132 valence electrons. The Morgan fingerprint density at radius 2 is 1.88 bits per heavy atom. The lowest BCUT2D eigenvalue weighted by molar-refractivity contribution is 0.102. The van der Waals surface area contributed by atoms with Crippen LogP contribution >= 0.6 is 0 Å². The maximum Gasteiger partial charge on any atom is 0.274 e. The summed E-state index contributed by atoms with van der Waals surface area (Å²) in [6.07, 6.45) is 1.71. The lowest BCUT2D eigenvalue weighted by atomic mass is 10.2. The summed E-state index contributed by atoms with van der Waals surface area (Å²) in [7, 11) is 0. The van der Waals surface area contributed by atoms with Crippen molar-refractivity contribution in [3.8, 4) is 0 Å². The molecule has 1 heterocycles. The second-order valence-electron chi connectivity index (χ2n) is 5.56. The molecule has 6 nitrogen and oxygen atoms in total. The SMILES string of the molecule is C=CCNc1nc(C)cc(C(=O)Nc2ccc(N(CC)CC)cc2)n1. The molecule has 0 fully saturated rings. The second kappa shape index (κ2) is 8.82. The van der Waals surface area contributed by atoms with Gasteiger partial charge in [0.2, 0.25) is 5.95 Å². The van der Waals surface area contributed by atoms with Crippen LogP contribution in [0.1, 0.15) is 30.0 Å². The number of carbonyl (C=O) groups is 1. The molecule has 2 rings (SSSR count). The van der Waals surface area contributed by atoms with Crippen LogP contribution in [0.4, 0.5) is 17.3 Å². The number of carbonyl (C=O) groups excluding carboxylic acids is 1. The Morgan fingerprint density at radius 1 is 1.20 bits per heavy atom. The molecule has 0 radical (unpaired) electrons. The third kappa shape index (κ3) is 5.04. The normalized spacial score (nSPS) is 10.2. The molecule has 0 unspecified atom stereocenters. The van der Waals surface area contributed by atoms with Crippen molar-refractivity contribution in [2.24, 2.45) is 0 Å². The fourth-order valence-corrected chi connectivity index (χ4v) is 2.47. The molecule has 25 heavy (non-hydrogen) atoms. The first kappa shape index (κ1) is 18.4. The predicted molar refractivity (Wildman–Crippen MR) is 103 cm³/mol. The first-order valence-corrected chi connectivity index (χ1v) is 8.44. The number of hydrogen-bond donors (Lipinski definition) is 2. The Morgan fingerprint density at radius 3 is 2.48 bits per heavy atom. The van der Waals surface area contributed by atoms with Gasteiger partial charge < -0.3 is 15.5 Å². The summed E-state index contributed by atoms with van der Waals surface area (Å²) in [6, 6.07) is 9.47. The van der Waals surface area contributed by atoms with Crippen molar-refractivity contribution in [3.05, 3.63) is 54.4 Å². The van der Waals surface area contributed by atoms with Crippen LogP contribution in [0.15, 0.2) is 43.0 Å². The second-order valence-corrected chi connectivity index (χ2v) is 5.56. The smallest absolute Gasteiger partial charge is 0.274 e. The van der Waals surface area contributed by atoms with E-state index in [-0.39, 0.29) is 5.91 Å². The van der Waals surface area contributed by atoms with Gasteiger partial charge in [-0.25, -0.2) is 9.97 Å². The summed E-state index contributed by atoms with van der Waals surface area (Å²) in [4.78, 5) is 23.2. The van der Waals surface area contributed by atoms with Crippen molar-refractivity contribution in [1.82, 2.24) is 9.97 Å². The molecule has 1 aromatic carbocycles. The molecule has 0 saturated carbocycles. The lowest BCUT2D eigenvalue weighted by Gasteiger charge is -2.21. The third-order valence-corrected chi connectivity index (χ3v) is 3.75. The highest BCUT2D eigenvalue weighted by atomic mass is 16.1. The number of aromatic nitrogens is 2. The lowest BCUT2D eigenvalue weighted by Crippen LogP contribution is -2.21. The Labute approximate surface area is 149 Å². The van der Waals surface area contributed by atoms with Gasteiger partial charge in [-0.05, 0) is 51.1 Å². The molecular weight excluding hydrogens is 314 g/mol. The first-order valence-electron chi connectivity index (χ1n) is 8.44. The highest BCUT2D eigenvalue weighted by Gasteiger charge is 2.11. The number of benzene rings is 1. The van der Waals surface area contributed by atoms with Crippen molar-refractivity contribution in [2.45, 2.75) is 20.8 Å². The minimum Gasteiger partial charge on any atom is -0.372 e. The molecule has 0 aliphatic carbocycles. The fraction of sp³-hybridized carbons (Fsp3) is 0.316. The van der Waals surface area contributed by atoms with E-state index >= 15 is 0 Å². The topological polar surface area (TPSA) is 70.2 Å². The zero-order chi connectivity index (χ0) is 18.2. The number of nitrogens with one attached hydrogen (secondary N) is 2. The Kier molecular flexibility index (Phi) is 6.51. The van der Waals surface area contributed by atoms with Crippen LogP contribution in [-0.4, -0.2) is 35.5 Å². The summed E-state index contributed by atoms with van der Waals surface area (Å²) in [6.45, 7) is 12.1. The van der Waals surface area contributed by atoms with E-state index in [0.717, 1.165) is 30.2 Å². The Hall–Kier alpha value is -2.89. The number of amides is 1. The average Bonchev–Trinajstić information content (AvgIpc) is 2.62. The van der Waals surface area contributed by atoms with Crippen LogP contribution in [0.25, 0.3) is 0 Å². The van der Waals surface area contributed by atoms with E-state index in [4.69, 9.17) is 0 Å². The van der Waals surface area contributed by atoms with Crippen LogP contribution in [0.2, 0.25) is 0 Å². The fourth-order valence-electron chi connectivity index (χ4n) is 2.47. The molecule has 0 saturated heterocycles. The zero-order valence-corrected chi connectivity index (χ0v) is 15.0. The van der Waals surface area contributed by atoms with Gasteiger partial charge >= 0.3 is 0 Å². The Balaban J connectivity index is 2.11. The molecule has 2 N–H and O–H groups in total. The molecule has 2 aromatic rings. The van der Waals surface area contributed by atoms with Gasteiger partial charge in [0.15, 0.2) is 0 Å². The van der Waals surface area contributed by atoms with Crippen LogP contribution in [0.5, 0.6) is 0 Å². The predicted octanol–water partition coefficient (Wildman–Crippen LogP) is 3.48. The molecule has 6 heteroatoms. The summed E-state index contributed by atoms with van der Waals surface area (Å²) < 4.78 is 0. The number of nitrogens with zero attached hydrogens (tertiary/aromatic N) is 3. The largest absolute Gasteiger partial charge is 0.372 e. The summed E-state index contributed by atoms with van der Waals surface area (Å²) in [5.41, 5.74) is 2.92. The van der Waals surface area contributed by atoms with Crippen LogP contribution in [0.3, 0.4) is 0 Å².